The number of hydrogen-bond acceptors (Lipinski definition) is 5. The summed E-state index contributed by atoms with van der Waals surface area (Å²) in [6, 6.07) is 0. The van der Waals surface area contributed by atoms with E-state index in [1.165, 1.54) is 0 Å². The van der Waals surface area contributed by atoms with E-state index in [4.69, 9.17) is 4.84 Å². The number of carbonyl (C=O) groups is 2. The van der Waals surface area contributed by atoms with Gasteiger partial charge in [-0.2, -0.15) is 0 Å². The topological polar surface area (TPSA) is 67.8 Å². The highest BCUT2D eigenvalue weighted by Gasteiger charge is 2.63. The standard InChI is InChI=1S/C25H38N2O3/c1-4-16-20(27-30-15-9-12-26-14-15)8-11-25(3)19-7-10-24(2)18(5-6-22(24)29)17(19)13-21(28)23(16)25/h15-19,23,26H,4-14H2,1-3H3/b27-20+/t15-,16-,17-,18-,19-,23?,24-,25+/m0/s1. The van der Waals surface area contributed by atoms with Crippen LogP contribution in [0.3, 0.4) is 0 Å². The Morgan fingerprint density at radius 1 is 1.10 bits per heavy atom. The Morgan fingerprint density at radius 2 is 1.93 bits per heavy atom. The normalized spacial score (nSPS) is 49.6. The molecule has 0 spiro atoms. The third-order valence-corrected chi connectivity index (χ3v) is 10.0. The highest BCUT2D eigenvalue weighted by atomic mass is 16.6. The van der Waals surface area contributed by atoms with Crippen molar-refractivity contribution in [1.82, 2.24) is 5.32 Å². The first-order valence-electron chi connectivity index (χ1n) is 12.4. The first kappa shape index (κ1) is 20.7. The second-order valence-corrected chi connectivity index (χ2v) is 11.3. The lowest BCUT2D eigenvalue weighted by atomic mass is 9.43. The van der Waals surface area contributed by atoms with Gasteiger partial charge in [0.1, 0.15) is 17.7 Å². The molecule has 1 aliphatic heterocycles. The summed E-state index contributed by atoms with van der Waals surface area (Å²) in [6.07, 6.45) is 8.64. The number of nitrogens with one attached hydrogen (secondary N) is 1. The van der Waals surface area contributed by atoms with E-state index < -0.39 is 0 Å². The molecule has 0 aromatic heterocycles. The first-order valence-corrected chi connectivity index (χ1v) is 12.4. The molecule has 4 saturated carbocycles. The molecule has 1 unspecified atom stereocenters. The first-order chi connectivity index (χ1) is 14.4. The zero-order chi connectivity index (χ0) is 21.1. The lowest BCUT2D eigenvalue weighted by Gasteiger charge is -2.60. The van der Waals surface area contributed by atoms with Crippen LogP contribution in [-0.2, 0) is 14.4 Å². The number of ketones is 2. The van der Waals surface area contributed by atoms with E-state index in [0.29, 0.717) is 35.7 Å². The molecule has 30 heavy (non-hydrogen) atoms. The Bertz CT molecular complexity index is 757. The number of carbonyl (C=O) groups excluding carboxylic acids is 2. The monoisotopic (exact) mass is 414 g/mol. The molecule has 0 bridgehead atoms. The Kier molecular flexibility index (Phi) is 5.11. The number of nitrogens with zero attached hydrogens (tertiary/aromatic N) is 1. The zero-order valence-electron chi connectivity index (χ0n) is 18.9. The van der Waals surface area contributed by atoms with Crippen molar-refractivity contribution in [2.75, 3.05) is 13.1 Å². The molecule has 4 aliphatic carbocycles. The maximum Gasteiger partial charge on any atom is 0.141 e. The molecule has 5 heteroatoms. The molecule has 0 aromatic rings. The predicted octanol–water partition coefficient (Wildman–Crippen LogP) is 4.15. The second kappa shape index (κ2) is 7.43. The van der Waals surface area contributed by atoms with Crippen molar-refractivity contribution in [2.24, 2.45) is 45.6 Å². The van der Waals surface area contributed by atoms with Crippen LogP contribution in [0.25, 0.3) is 0 Å². The van der Waals surface area contributed by atoms with Crippen molar-refractivity contribution in [2.45, 2.75) is 84.7 Å². The van der Waals surface area contributed by atoms with Crippen molar-refractivity contribution >= 4 is 17.3 Å². The summed E-state index contributed by atoms with van der Waals surface area (Å²) in [4.78, 5) is 32.2. The van der Waals surface area contributed by atoms with Gasteiger partial charge in [-0.3, -0.25) is 9.59 Å². The van der Waals surface area contributed by atoms with Crippen molar-refractivity contribution in [3.05, 3.63) is 0 Å². The number of fused-ring (bicyclic) bond motifs is 5. The predicted molar refractivity (Wildman–Crippen MR) is 116 cm³/mol. The lowest BCUT2D eigenvalue weighted by Crippen LogP contribution is -2.59. The van der Waals surface area contributed by atoms with Gasteiger partial charge in [-0.25, -0.2) is 0 Å². The fraction of sp³-hybridized carbons (Fsp3) is 0.880. The third-order valence-electron chi connectivity index (χ3n) is 10.0. The molecule has 0 amide bonds. The molecule has 1 saturated heterocycles. The molecule has 5 fully saturated rings. The Balaban J connectivity index is 1.41. The molecular formula is C25H38N2O3. The van der Waals surface area contributed by atoms with Crippen LogP contribution < -0.4 is 5.32 Å². The van der Waals surface area contributed by atoms with E-state index >= 15 is 0 Å². The van der Waals surface area contributed by atoms with Gasteiger partial charge in [0.2, 0.25) is 0 Å². The zero-order valence-corrected chi connectivity index (χ0v) is 18.9. The van der Waals surface area contributed by atoms with E-state index in [9.17, 15) is 9.59 Å². The average Bonchev–Trinajstić information content (AvgIpc) is 3.34. The minimum absolute atomic E-state index is 0.0432. The SMILES string of the molecule is CC[C@H]1/C(=N/O[C@H]2CCNC2)CC[C@@]2(C)C1C(=O)C[C@@H]1[C@@H]2CC[C@]2(C)C(=O)CC[C@@H]12. The van der Waals surface area contributed by atoms with Crippen LogP contribution in [0.1, 0.15) is 78.6 Å². The number of rotatable bonds is 3. The van der Waals surface area contributed by atoms with Crippen LogP contribution >= 0.6 is 0 Å². The van der Waals surface area contributed by atoms with Crippen LogP contribution in [-0.4, -0.2) is 36.5 Å². The number of oxime groups is 1. The van der Waals surface area contributed by atoms with Gasteiger partial charge in [-0.1, -0.05) is 25.9 Å². The van der Waals surface area contributed by atoms with Crippen LogP contribution in [0.15, 0.2) is 5.16 Å². The minimum atomic E-state index is -0.167. The minimum Gasteiger partial charge on any atom is -0.391 e. The quantitative estimate of drug-likeness (QED) is 0.705. The molecule has 5 rings (SSSR count). The van der Waals surface area contributed by atoms with Gasteiger partial charge in [0.25, 0.3) is 0 Å². The van der Waals surface area contributed by atoms with Gasteiger partial charge < -0.3 is 10.2 Å². The third kappa shape index (κ3) is 2.94. The van der Waals surface area contributed by atoms with Crippen LogP contribution in [0.5, 0.6) is 0 Å². The summed E-state index contributed by atoms with van der Waals surface area (Å²) in [5.41, 5.74) is 0.997. The molecule has 5 nitrogen and oxygen atoms in total. The molecule has 1 N–H and O–H groups in total. The van der Waals surface area contributed by atoms with Gasteiger partial charge >= 0.3 is 0 Å². The summed E-state index contributed by atoms with van der Waals surface area (Å²) < 4.78 is 0. The molecule has 8 atom stereocenters. The van der Waals surface area contributed by atoms with Gasteiger partial charge in [-0.15, -0.1) is 0 Å². The Hall–Kier alpha value is -1.23. The van der Waals surface area contributed by atoms with E-state index in [1.54, 1.807) is 0 Å². The van der Waals surface area contributed by atoms with Crippen molar-refractivity contribution in [1.29, 1.82) is 0 Å². The average molecular weight is 415 g/mol. The van der Waals surface area contributed by atoms with Crippen LogP contribution in [0, 0.1) is 40.4 Å². The fourth-order valence-corrected chi connectivity index (χ4v) is 8.36. The maximum absolute atomic E-state index is 13.6. The van der Waals surface area contributed by atoms with E-state index in [1.807, 2.05) is 0 Å². The smallest absolute Gasteiger partial charge is 0.141 e. The second-order valence-electron chi connectivity index (χ2n) is 11.3. The van der Waals surface area contributed by atoms with E-state index in [-0.39, 0.29) is 28.8 Å². The van der Waals surface area contributed by atoms with E-state index in [2.05, 4.69) is 31.2 Å². The van der Waals surface area contributed by atoms with Gasteiger partial charge in [0, 0.05) is 43.1 Å². The van der Waals surface area contributed by atoms with Crippen molar-refractivity contribution in [3.8, 4) is 0 Å². The Morgan fingerprint density at radius 3 is 2.67 bits per heavy atom. The maximum atomic E-state index is 13.6. The summed E-state index contributed by atoms with van der Waals surface area (Å²) in [5.74, 6) is 2.56. The summed E-state index contributed by atoms with van der Waals surface area (Å²) in [5, 5.41) is 7.96. The van der Waals surface area contributed by atoms with Gasteiger partial charge in [0.05, 0.1) is 5.71 Å². The van der Waals surface area contributed by atoms with Gasteiger partial charge in [0.15, 0.2) is 0 Å². The molecule has 5 aliphatic rings. The van der Waals surface area contributed by atoms with Gasteiger partial charge in [-0.05, 0) is 68.2 Å². The van der Waals surface area contributed by atoms with Crippen molar-refractivity contribution < 1.29 is 14.4 Å². The molecule has 0 aromatic carbocycles. The highest BCUT2D eigenvalue weighted by Crippen LogP contribution is 2.65. The van der Waals surface area contributed by atoms with E-state index in [0.717, 1.165) is 70.2 Å². The lowest BCUT2D eigenvalue weighted by molar-refractivity contribution is -0.156. The molecule has 1 heterocycles. The summed E-state index contributed by atoms with van der Waals surface area (Å²) >= 11 is 0. The summed E-state index contributed by atoms with van der Waals surface area (Å²) in [6.45, 7) is 8.66. The van der Waals surface area contributed by atoms with Crippen LogP contribution in [0.4, 0.5) is 0 Å². The molecular weight excluding hydrogens is 376 g/mol. The number of Topliss-reactive ketones (excluding diaryl/α,β-unsaturated/α-hetero) is 2. The Labute approximate surface area is 180 Å². The molecule has 0 radical (unpaired) electrons. The largest absolute Gasteiger partial charge is 0.391 e. The number of hydrogen-bond donors (Lipinski definition) is 1. The fourth-order valence-electron chi connectivity index (χ4n) is 8.36. The van der Waals surface area contributed by atoms with Crippen molar-refractivity contribution in [3.63, 3.8) is 0 Å². The highest BCUT2D eigenvalue weighted by molar-refractivity contribution is 5.95. The molecule has 166 valence electrons. The van der Waals surface area contributed by atoms with Crippen LogP contribution in [0.2, 0.25) is 0 Å². The summed E-state index contributed by atoms with van der Waals surface area (Å²) in [7, 11) is 0.